The number of benzene rings is 1. The molecule has 1 saturated heterocycles. The number of hydrogen-bond acceptors (Lipinski definition) is 2. The van der Waals surface area contributed by atoms with Crippen molar-refractivity contribution in [3.05, 3.63) is 34.3 Å². The van der Waals surface area contributed by atoms with Crippen molar-refractivity contribution in [2.24, 2.45) is 5.92 Å². The first-order valence-electron chi connectivity index (χ1n) is 6.46. The normalized spacial score (nSPS) is 18.8. The van der Waals surface area contributed by atoms with E-state index >= 15 is 0 Å². The number of halogens is 1. The molecule has 0 saturated carbocycles. The molecule has 1 aromatic carbocycles. The lowest BCUT2D eigenvalue weighted by Gasteiger charge is -2.09. The fraction of sp³-hybridized carbons (Fsp3) is 0.500. The summed E-state index contributed by atoms with van der Waals surface area (Å²) in [6, 6.07) is 7.89. The van der Waals surface area contributed by atoms with E-state index < -0.39 is 0 Å². The first kappa shape index (κ1) is 13.6. The van der Waals surface area contributed by atoms with E-state index in [1.54, 1.807) is 0 Å². The van der Waals surface area contributed by atoms with Crippen LogP contribution >= 0.6 is 15.9 Å². The Morgan fingerprint density at radius 1 is 1.50 bits per heavy atom. The van der Waals surface area contributed by atoms with Crippen molar-refractivity contribution >= 4 is 21.8 Å². The highest BCUT2D eigenvalue weighted by atomic mass is 79.9. The summed E-state index contributed by atoms with van der Waals surface area (Å²) in [4.78, 5) is 11.8. The molecule has 0 spiro atoms. The van der Waals surface area contributed by atoms with E-state index in [1.165, 1.54) is 6.42 Å². The molecule has 2 N–H and O–H groups in total. The molecule has 3 nitrogen and oxygen atoms in total. The van der Waals surface area contributed by atoms with Crippen LogP contribution in [0.15, 0.2) is 28.7 Å². The molecule has 1 aliphatic heterocycles. The van der Waals surface area contributed by atoms with Crippen LogP contribution in [-0.2, 0) is 11.2 Å². The second-order valence-electron chi connectivity index (χ2n) is 4.80. The van der Waals surface area contributed by atoms with E-state index in [-0.39, 0.29) is 5.91 Å². The summed E-state index contributed by atoms with van der Waals surface area (Å²) in [5, 5.41) is 6.33. The minimum Gasteiger partial charge on any atom is -0.356 e. The van der Waals surface area contributed by atoms with Gasteiger partial charge in [-0.3, -0.25) is 4.79 Å². The fourth-order valence-corrected chi connectivity index (χ4v) is 2.72. The quantitative estimate of drug-likeness (QED) is 0.874. The topological polar surface area (TPSA) is 41.1 Å². The average molecular weight is 311 g/mol. The summed E-state index contributed by atoms with van der Waals surface area (Å²) in [6.07, 6.45) is 2.78. The van der Waals surface area contributed by atoms with Crippen LogP contribution in [0.3, 0.4) is 0 Å². The van der Waals surface area contributed by atoms with Crippen molar-refractivity contribution in [3.63, 3.8) is 0 Å². The van der Waals surface area contributed by atoms with Gasteiger partial charge in [0.1, 0.15) is 0 Å². The molecule has 4 heteroatoms. The fourth-order valence-electron chi connectivity index (χ4n) is 2.27. The Bertz CT molecular complexity index is 403. The predicted molar refractivity (Wildman–Crippen MR) is 76.4 cm³/mol. The summed E-state index contributed by atoms with van der Waals surface area (Å²) in [7, 11) is 0. The Labute approximate surface area is 116 Å². The molecule has 1 amide bonds. The molecule has 1 aromatic rings. The minimum absolute atomic E-state index is 0.110. The van der Waals surface area contributed by atoms with Gasteiger partial charge in [0.25, 0.3) is 0 Å². The number of hydrogen-bond donors (Lipinski definition) is 2. The van der Waals surface area contributed by atoms with Crippen molar-refractivity contribution in [1.29, 1.82) is 0 Å². The molecule has 0 aromatic heterocycles. The van der Waals surface area contributed by atoms with Crippen molar-refractivity contribution in [3.8, 4) is 0 Å². The minimum atomic E-state index is 0.110. The zero-order chi connectivity index (χ0) is 12.8. The van der Waals surface area contributed by atoms with Gasteiger partial charge in [0.2, 0.25) is 5.91 Å². The second-order valence-corrected chi connectivity index (χ2v) is 5.72. The summed E-state index contributed by atoms with van der Waals surface area (Å²) in [6.45, 7) is 3.01. The van der Waals surface area contributed by atoms with Crippen LogP contribution in [-0.4, -0.2) is 25.5 Å². The summed E-state index contributed by atoms with van der Waals surface area (Å²) >= 11 is 3.41. The highest BCUT2D eigenvalue weighted by Gasteiger charge is 2.14. The van der Waals surface area contributed by atoms with Crippen molar-refractivity contribution in [2.75, 3.05) is 19.6 Å². The molecule has 98 valence electrons. The largest absolute Gasteiger partial charge is 0.356 e. The molecular weight excluding hydrogens is 292 g/mol. The van der Waals surface area contributed by atoms with Gasteiger partial charge in [-0.1, -0.05) is 28.1 Å². The van der Waals surface area contributed by atoms with Gasteiger partial charge < -0.3 is 10.6 Å². The average Bonchev–Trinajstić information content (AvgIpc) is 2.82. The van der Waals surface area contributed by atoms with Crippen LogP contribution in [0.5, 0.6) is 0 Å². The maximum Gasteiger partial charge on any atom is 0.224 e. The second kappa shape index (κ2) is 6.90. The Hall–Kier alpha value is -0.870. The molecule has 1 unspecified atom stereocenters. The summed E-state index contributed by atoms with van der Waals surface area (Å²) in [5.74, 6) is 0.843. The van der Waals surface area contributed by atoms with E-state index in [2.05, 4.69) is 26.6 Å². The third kappa shape index (κ3) is 4.42. The molecule has 0 aliphatic carbocycles. The molecule has 0 radical (unpaired) electrons. The Balaban J connectivity index is 1.68. The van der Waals surface area contributed by atoms with Gasteiger partial charge in [-0.25, -0.2) is 0 Å². The molecular formula is C14H19BrN2O. The maximum atomic E-state index is 11.8. The van der Waals surface area contributed by atoms with E-state index in [4.69, 9.17) is 0 Å². The Kier molecular flexibility index (Phi) is 5.20. The van der Waals surface area contributed by atoms with Gasteiger partial charge in [0, 0.05) is 11.0 Å². The lowest BCUT2D eigenvalue weighted by atomic mass is 10.1. The van der Waals surface area contributed by atoms with Gasteiger partial charge in [0.05, 0.1) is 6.42 Å². The smallest absolute Gasteiger partial charge is 0.224 e. The Morgan fingerprint density at radius 3 is 3.11 bits per heavy atom. The van der Waals surface area contributed by atoms with Gasteiger partial charge >= 0.3 is 0 Å². The van der Waals surface area contributed by atoms with Gasteiger partial charge in [-0.05, 0) is 49.5 Å². The zero-order valence-corrected chi connectivity index (χ0v) is 12.0. The highest BCUT2D eigenvalue weighted by Crippen LogP contribution is 2.12. The lowest BCUT2D eigenvalue weighted by molar-refractivity contribution is -0.120. The standard InChI is InChI=1S/C14H19BrN2O/c15-13-3-1-2-12(8-13)9-14(18)17-7-5-11-4-6-16-10-11/h1-3,8,11,16H,4-7,9-10H2,(H,17,18). The number of carbonyl (C=O) groups excluding carboxylic acids is 1. The monoisotopic (exact) mass is 310 g/mol. The van der Waals surface area contributed by atoms with Crippen LogP contribution in [0.25, 0.3) is 0 Å². The number of amides is 1. The van der Waals surface area contributed by atoms with Gasteiger partial charge in [-0.15, -0.1) is 0 Å². The number of carbonyl (C=O) groups is 1. The molecule has 2 rings (SSSR count). The third-order valence-electron chi connectivity index (χ3n) is 3.29. The van der Waals surface area contributed by atoms with E-state index in [1.807, 2.05) is 24.3 Å². The third-order valence-corrected chi connectivity index (χ3v) is 3.78. The Morgan fingerprint density at radius 2 is 2.39 bits per heavy atom. The van der Waals surface area contributed by atoms with Gasteiger partial charge in [0.15, 0.2) is 0 Å². The van der Waals surface area contributed by atoms with E-state index in [0.717, 1.165) is 42.0 Å². The molecule has 18 heavy (non-hydrogen) atoms. The van der Waals surface area contributed by atoms with Crippen molar-refractivity contribution in [2.45, 2.75) is 19.3 Å². The molecule has 1 fully saturated rings. The van der Waals surface area contributed by atoms with E-state index in [9.17, 15) is 4.79 Å². The molecule has 1 atom stereocenters. The molecule has 0 bridgehead atoms. The maximum absolute atomic E-state index is 11.8. The highest BCUT2D eigenvalue weighted by molar-refractivity contribution is 9.10. The zero-order valence-electron chi connectivity index (χ0n) is 10.4. The summed E-state index contributed by atoms with van der Waals surface area (Å²) in [5.41, 5.74) is 1.05. The van der Waals surface area contributed by atoms with Crippen LogP contribution in [0.4, 0.5) is 0 Å². The first-order chi connectivity index (χ1) is 8.74. The first-order valence-corrected chi connectivity index (χ1v) is 7.25. The van der Waals surface area contributed by atoms with E-state index in [0.29, 0.717) is 6.42 Å². The van der Waals surface area contributed by atoms with Crippen LogP contribution in [0, 0.1) is 5.92 Å². The SMILES string of the molecule is O=C(Cc1cccc(Br)c1)NCCC1CCNC1. The number of rotatable bonds is 5. The van der Waals surface area contributed by atoms with Crippen molar-refractivity contribution in [1.82, 2.24) is 10.6 Å². The van der Waals surface area contributed by atoms with Gasteiger partial charge in [-0.2, -0.15) is 0 Å². The van der Waals surface area contributed by atoms with Crippen LogP contribution < -0.4 is 10.6 Å². The van der Waals surface area contributed by atoms with Crippen LogP contribution in [0.1, 0.15) is 18.4 Å². The molecule has 1 heterocycles. The van der Waals surface area contributed by atoms with Crippen LogP contribution in [0.2, 0.25) is 0 Å². The molecule has 1 aliphatic rings. The van der Waals surface area contributed by atoms with Crippen molar-refractivity contribution < 1.29 is 4.79 Å². The predicted octanol–water partition coefficient (Wildman–Crippen LogP) is 2.11. The lowest BCUT2D eigenvalue weighted by Crippen LogP contribution is -2.27. The number of nitrogens with one attached hydrogen (secondary N) is 2. The summed E-state index contributed by atoms with van der Waals surface area (Å²) < 4.78 is 1.02.